The molecule has 0 fully saturated rings. The standard InChI is InChI=1S/C21H18N4O5/c1-14(26)22-17-6-8-18(9-7-17)23-21(28)16-5-10-20(27)24(13-16)12-15-3-2-4-19(11-15)25(29)30/h2-11,13H,12H2,1H3,(H,22,26)(H,23,28). The first kappa shape index (κ1) is 20.5. The van der Waals surface area contributed by atoms with Crippen LogP contribution in [0.15, 0.2) is 71.7 Å². The summed E-state index contributed by atoms with van der Waals surface area (Å²) < 4.78 is 1.31. The van der Waals surface area contributed by atoms with Gasteiger partial charge in [0.15, 0.2) is 0 Å². The van der Waals surface area contributed by atoms with Gasteiger partial charge in [0, 0.05) is 42.7 Å². The third kappa shape index (κ3) is 5.16. The van der Waals surface area contributed by atoms with Gasteiger partial charge in [-0.25, -0.2) is 0 Å². The van der Waals surface area contributed by atoms with E-state index < -0.39 is 10.8 Å². The highest BCUT2D eigenvalue weighted by molar-refractivity contribution is 6.04. The number of nitro benzene ring substituents is 1. The van der Waals surface area contributed by atoms with Crippen LogP contribution in [0.5, 0.6) is 0 Å². The van der Waals surface area contributed by atoms with Gasteiger partial charge in [-0.05, 0) is 35.9 Å². The molecule has 0 saturated heterocycles. The molecule has 0 aliphatic carbocycles. The lowest BCUT2D eigenvalue weighted by Crippen LogP contribution is -2.22. The molecule has 1 heterocycles. The number of benzene rings is 2. The first-order chi connectivity index (χ1) is 14.3. The average Bonchev–Trinajstić information content (AvgIpc) is 2.71. The molecule has 1 aromatic heterocycles. The molecule has 2 N–H and O–H groups in total. The van der Waals surface area contributed by atoms with E-state index in [1.807, 2.05) is 0 Å². The van der Waals surface area contributed by atoms with Crippen LogP contribution < -0.4 is 16.2 Å². The summed E-state index contributed by atoms with van der Waals surface area (Å²) in [6, 6.07) is 15.2. The van der Waals surface area contributed by atoms with Gasteiger partial charge in [-0.2, -0.15) is 0 Å². The minimum atomic E-state index is -0.507. The maximum atomic E-state index is 12.6. The highest BCUT2D eigenvalue weighted by Gasteiger charge is 2.11. The Bertz CT molecular complexity index is 1170. The largest absolute Gasteiger partial charge is 0.326 e. The van der Waals surface area contributed by atoms with Crippen molar-refractivity contribution >= 4 is 28.9 Å². The smallest absolute Gasteiger partial charge is 0.269 e. The minimum absolute atomic E-state index is 0.0721. The third-order valence-electron chi connectivity index (χ3n) is 4.18. The summed E-state index contributed by atoms with van der Waals surface area (Å²) in [4.78, 5) is 46.2. The van der Waals surface area contributed by atoms with Gasteiger partial charge in [0.25, 0.3) is 17.2 Å². The maximum absolute atomic E-state index is 12.6. The van der Waals surface area contributed by atoms with Gasteiger partial charge in [0.2, 0.25) is 5.91 Å². The summed E-state index contributed by atoms with van der Waals surface area (Å²) >= 11 is 0. The zero-order valence-electron chi connectivity index (χ0n) is 16.0. The van der Waals surface area contributed by atoms with Gasteiger partial charge in [0.1, 0.15) is 0 Å². The lowest BCUT2D eigenvalue weighted by atomic mass is 10.2. The third-order valence-corrected chi connectivity index (χ3v) is 4.18. The quantitative estimate of drug-likeness (QED) is 0.481. The van der Waals surface area contributed by atoms with Crippen LogP contribution in [-0.4, -0.2) is 21.3 Å². The summed E-state index contributed by atoms with van der Waals surface area (Å²) in [5, 5.41) is 16.3. The molecule has 0 bridgehead atoms. The normalized spacial score (nSPS) is 10.3. The number of hydrogen-bond donors (Lipinski definition) is 2. The number of aromatic nitrogens is 1. The van der Waals surface area contributed by atoms with Crippen LogP contribution in [0.3, 0.4) is 0 Å². The predicted molar refractivity (Wildman–Crippen MR) is 112 cm³/mol. The van der Waals surface area contributed by atoms with Gasteiger partial charge in [-0.3, -0.25) is 24.5 Å². The lowest BCUT2D eigenvalue weighted by molar-refractivity contribution is -0.384. The van der Waals surface area contributed by atoms with E-state index in [0.29, 0.717) is 16.9 Å². The zero-order valence-corrected chi connectivity index (χ0v) is 16.0. The Kier molecular flexibility index (Phi) is 6.02. The van der Waals surface area contributed by atoms with E-state index in [4.69, 9.17) is 0 Å². The van der Waals surface area contributed by atoms with Crippen LogP contribution >= 0.6 is 0 Å². The van der Waals surface area contributed by atoms with Crippen molar-refractivity contribution < 1.29 is 14.5 Å². The average molecular weight is 406 g/mol. The second-order valence-corrected chi connectivity index (χ2v) is 6.52. The van der Waals surface area contributed by atoms with Crippen molar-refractivity contribution in [2.45, 2.75) is 13.5 Å². The molecule has 9 heteroatoms. The molecule has 2 aromatic carbocycles. The second-order valence-electron chi connectivity index (χ2n) is 6.52. The number of carbonyl (C=O) groups is 2. The Morgan fingerprint density at radius 1 is 1.00 bits per heavy atom. The van der Waals surface area contributed by atoms with Crippen molar-refractivity contribution in [1.29, 1.82) is 0 Å². The molecular formula is C21H18N4O5. The molecule has 0 radical (unpaired) electrons. The number of anilines is 2. The Morgan fingerprint density at radius 2 is 1.67 bits per heavy atom. The fourth-order valence-corrected chi connectivity index (χ4v) is 2.80. The topological polar surface area (TPSA) is 123 Å². The van der Waals surface area contributed by atoms with E-state index in [2.05, 4.69) is 10.6 Å². The highest BCUT2D eigenvalue weighted by Crippen LogP contribution is 2.16. The van der Waals surface area contributed by atoms with Crippen LogP contribution in [0.4, 0.5) is 17.1 Å². The Hall–Kier alpha value is -4.27. The molecule has 0 atom stereocenters. The van der Waals surface area contributed by atoms with E-state index in [1.54, 1.807) is 36.4 Å². The molecule has 30 heavy (non-hydrogen) atoms. The minimum Gasteiger partial charge on any atom is -0.326 e. The molecule has 0 spiro atoms. The van der Waals surface area contributed by atoms with Crippen LogP contribution in [0, 0.1) is 10.1 Å². The summed E-state index contributed by atoms with van der Waals surface area (Å²) in [6.45, 7) is 1.49. The maximum Gasteiger partial charge on any atom is 0.269 e. The molecule has 0 unspecified atom stereocenters. The van der Waals surface area contributed by atoms with Crippen LogP contribution in [0.1, 0.15) is 22.8 Å². The Labute approximate surface area is 171 Å². The first-order valence-corrected chi connectivity index (χ1v) is 8.94. The number of nitro groups is 1. The molecule has 0 aliphatic heterocycles. The first-order valence-electron chi connectivity index (χ1n) is 8.94. The number of hydrogen-bond acceptors (Lipinski definition) is 5. The van der Waals surface area contributed by atoms with E-state index >= 15 is 0 Å². The fourth-order valence-electron chi connectivity index (χ4n) is 2.80. The zero-order chi connectivity index (χ0) is 21.7. The van der Waals surface area contributed by atoms with E-state index in [9.17, 15) is 24.5 Å². The lowest BCUT2D eigenvalue weighted by Gasteiger charge is -2.10. The summed E-state index contributed by atoms with van der Waals surface area (Å²) in [5.74, 6) is -0.618. The number of carbonyl (C=O) groups excluding carboxylic acids is 2. The van der Waals surface area contributed by atoms with Crippen LogP contribution in [0.2, 0.25) is 0 Å². The predicted octanol–water partition coefficient (Wildman–Crippen LogP) is 3.02. The van der Waals surface area contributed by atoms with Crippen LogP contribution in [0.25, 0.3) is 0 Å². The second kappa shape index (κ2) is 8.82. The summed E-state index contributed by atoms with van der Waals surface area (Å²) in [5.41, 5.74) is 1.54. The molecule has 9 nitrogen and oxygen atoms in total. The fraction of sp³-hybridized carbons (Fsp3) is 0.0952. The molecule has 152 valence electrons. The van der Waals surface area contributed by atoms with Crippen molar-refractivity contribution in [1.82, 2.24) is 4.57 Å². The van der Waals surface area contributed by atoms with Crippen molar-refractivity contribution in [3.8, 4) is 0 Å². The number of amides is 2. The Morgan fingerprint density at radius 3 is 2.30 bits per heavy atom. The van der Waals surface area contributed by atoms with Crippen molar-refractivity contribution in [3.63, 3.8) is 0 Å². The van der Waals surface area contributed by atoms with Gasteiger partial charge in [0.05, 0.1) is 17.0 Å². The summed E-state index contributed by atoms with van der Waals surface area (Å²) in [7, 11) is 0. The van der Waals surface area contributed by atoms with E-state index in [1.165, 1.54) is 42.0 Å². The number of nitrogens with one attached hydrogen (secondary N) is 2. The van der Waals surface area contributed by atoms with Gasteiger partial charge in [-0.1, -0.05) is 12.1 Å². The van der Waals surface area contributed by atoms with E-state index in [0.717, 1.165) is 0 Å². The molecule has 0 saturated carbocycles. The van der Waals surface area contributed by atoms with E-state index in [-0.39, 0.29) is 29.3 Å². The number of rotatable bonds is 6. The molecular weight excluding hydrogens is 388 g/mol. The summed E-state index contributed by atoms with van der Waals surface area (Å²) in [6.07, 6.45) is 1.40. The molecule has 0 aliphatic rings. The van der Waals surface area contributed by atoms with Crippen molar-refractivity contribution in [2.75, 3.05) is 10.6 Å². The molecule has 3 rings (SSSR count). The number of nitrogens with zero attached hydrogens (tertiary/aromatic N) is 2. The van der Waals surface area contributed by atoms with Gasteiger partial charge < -0.3 is 15.2 Å². The highest BCUT2D eigenvalue weighted by atomic mass is 16.6. The van der Waals surface area contributed by atoms with Gasteiger partial charge in [-0.15, -0.1) is 0 Å². The van der Waals surface area contributed by atoms with Crippen molar-refractivity contribution in [3.05, 3.63) is 98.5 Å². The number of non-ortho nitro benzene ring substituents is 1. The van der Waals surface area contributed by atoms with Gasteiger partial charge >= 0.3 is 0 Å². The Balaban J connectivity index is 1.76. The van der Waals surface area contributed by atoms with Crippen LogP contribution in [-0.2, 0) is 11.3 Å². The molecule has 3 aromatic rings. The monoisotopic (exact) mass is 406 g/mol. The SMILES string of the molecule is CC(=O)Nc1ccc(NC(=O)c2ccc(=O)n(Cc3cccc([N+](=O)[O-])c3)c2)cc1. The number of pyridine rings is 1. The van der Waals surface area contributed by atoms with Crippen molar-refractivity contribution in [2.24, 2.45) is 0 Å². The molecule has 2 amide bonds.